The summed E-state index contributed by atoms with van der Waals surface area (Å²) in [6.45, 7) is 1.88. The zero-order valence-electron chi connectivity index (χ0n) is 10.7. The summed E-state index contributed by atoms with van der Waals surface area (Å²) in [5.74, 6) is -1.12. The van der Waals surface area contributed by atoms with Crippen LogP contribution in [0.5, 0.6) is 0 Å². The molecule has 1 aromatic rings. The zero-order chi connectivity index (χ0) is 14.1. The second kappa shape index (κ2) is 3.80. The Hall–Kier alpha value is -1.46. The van der Waals surface area contributed by atoms with Gasteiger partial charge in [0.25, 0.3) is 0 Å². The van der Waals surface area contributed by atoms with E-state index in [9.17, 15) is 9.59 Å². The minimum Gasteiger partial charge on any atom is -0.362 e. The maximum Gasteiger partial charge on any atom is 0.241 e. The van der Waals surface area contributed by atoms with Gasteiger partial charge < -0.3 is 4.74 Å². The van der Waals surface area contributed by atoms with E-state index in [1.807, 2.05) is 37.3 Å². The van der Waals surface area contributed by atoms with Crippen LogP contribution in [-0.2, 0) is 14.3 Å². The topological polar surface area (TPSA) is 46.6 Å². The van der Waals surface area contributed by atoms with Crippen molar-refractivity contribution >= 4 is 33.4 Å². The van der Waals surface area contributed by atoms with Gasteiger partial charge in [0.15, 0.2) is 0 Å². The maximum atomic E-state index is 12.7. The smallest absolute Gasteiger partial charge is 0.241 e. The Balaban J connectivity index is 1.82. The molecule has 20 heavy (non-hydrogen) atoms. The van der Waals surface area contributed by atoms with E-state index in [4.69, 9.17) is 4.74 Å². The molecular weight excluding hydrogens is 322 g/mol. The third-order valence-electron chi connectivity index (χ3n) is 4.42. The minimum atomic E-state index is -0.641. The van der Waals surface area contributed by atoms with Gasteiger partial charge in [-0.15, -0.1) is 0 Å². The lowest BCUT2D eigenvalue weighted by molar-refractivity contribution is -0.126. The van der Waals surface area contributed by atoms with Gasteiger partial charge in [0.1, 0.15) is 0 Å². The quantitative estimate of drug-likeness (QED) is 0.585. The van der Waals surface area contributed by atoms with E-state index in [2.05, 4.69) is 15.9 Å². The standard InChI is InChI=1S/C15H12BrNO3/c1-15-7-6-10(20-15)11-12(15)14(19)17(13(11)18)9-5-3-2-4-8(9)16/h2-7,10-12H,1H3/t10-,11+,12+,15+/m1/s1. The van der Waals surface area contributed by atoms with Crippen molar-refractivity contribution in [1.29, 1.82) is 0 Å². The van der Waals surface area contributed by atoms with Gasteiger partial charge in [0.2, 0.25) is 11.8 Å². The Bertz CT molecular complexity index is 671. The summed E-state index contributed by atoms with van der Waals surface area (Å²) in [4.78, 5) is 26.7. The van der Waals surface area contributed by atoms with Gasteiger partial charge in [-0.25, -0.2) is 4.90 Å². The molecule has 102 valence electrons. The molecule has 4 atom stereocenters. The zero-order valence-corrected chi connectivity index (χ0v) is 12.3. The first-order valence-electron chi connectivity index (χ1n) is 6.52. The molecule has 0 unspecified atom stereocenters. The Morgan fingerprint density at radius 1 is 1.25 bits per heavy atom. The predicted molar refractivity (Wildman–Crippen MR) is 76.0 cm³/mol. The van der Waals surface area contributed by atoms with Crippen LogP contribution in [0.2, 0.25) is 0 Å². The second-order valence-electron chi connectivity index (χ2n) is 5.59. The van der Waals surface area contributed by atoms with Crippen LogP contribution < -0.4 is 4.90 Å². The van der Waals surface area contributed by atoms with Crippen LogP contribution >= 0.6 is 15.9 Å². The second-order valence-corrected chi connectivity index (χ2v) is 6.45. The van der Waals surface area contributed by atoms with Gasteiger partial charge in [0.05, 0.1) is 29.2 Å². The first-order valence-corrected chi connectivity index (χ1v) is 7.32. The molecule has 2 saturated heterocycles. The lowest BCUT2D eigenvalue weighted by Gasteiger charge is -2.24. The van der Waals surface area contributed by atoms with E-state index in [0.717, 1.165) is 4.47 Å². The first-order chi connectivity index (χ1) is 9.53. The summed E-state index contributed by atoms with van der Waals surface area (Å²) in [6.07, 6.45) is 3.54. The van der Waals surface area contributed by atoms with Crippen LogP contribution in [0, 0.1) is 11.8 Å². The highest BCUT2D eigenvalue weighted by molar-refractivity contribution is 9.10. The van der Waals surface area contributed by atoms with E-state index in [-0.39, 0.29) is 23.8 Å². The molecular formula is C15H12BrNO3. The fourth-order valence-corrected chi connectivity index (χ4v) is 3.99. The van der Waals surface area contributed by atoms with Gasteiger partial charge in [0, 0.05) is 4.47 Å². The van der Waals surface area contributed by atoms with Crippen LogP contribution in [0.4, 0.5) is 5.69 Å². The molecule has 3 aliphatic rings. The van der Waals surface area contributed by atoms with E-state index in [1.165, 1.54) is 4.90 Å². The lowest BCUT2D eigenvalue weighted by Crippen LogP contribution is -2.38. The van der Waals surface area contributed by atoms with E-state index in [0.29, 0.717) is 5.69 Å². The monoisotopic (exact) mass is 333 g/mol. The summed E-state index contributed by atoms with van der Waals surface area (Å²) in [5.41, 5.74) is -0.0298. The third kappa shape index (κ3) is 1.34. The van der Waals surface area contributed by atoms with Crippen molar-refractivity contribution in [3.63, 3.8) is 0 Å². The number of anilines is 1. The maximum absolute atomic E-state index is 12.7. The fraction of sp³-hybridized carbons (Fsp3) is 0.333. The normalized spacial score (nSPS) is 37.9. The lowest BCUT2D eigenvalue weighted by atomic mass is 9.78. The number of carbonyl (C=O) groups is 2. The SMILES string of the molecule is C[C@@]12C=C[C@@H](O1)[C@@H]1C(=O)N(c3ccccc3Br)C(=O)[C@H]12. The van der Waals surface area contributed by atoms with Crippen LogP contribution in [0.15, 0.2) is 40.9 Å². The number of ether oxygens (including phenoxy) is 1. The van der Waals surface area contributed by atoms with E-state index in [1.54, 1.807) is 6.07 Å². The van der Waals surface area contributed by atoms with Crippen LogP contribution in [-0.4, -0.2) is 23.5 Å². The average Bonchev–Trinajstić information content (AvgIpc) is 3.01. The number of imide groups is 1. The number of fused-ring (bicyclic) bond motifs is 5. The summed E-state index contributed by atoms with van der Waals surface area (Å²) < 4.78 is 6.53. The molecule has 2 bridgehead atoms. The number of hydrogen-bond acceptors (Lipinski definition) is 3. The molecule has 3 heterocycles. The van der Waals surface area contributed by atoms with Crippen molar-refractivity contribution in [2.75, 3.05) is 4.90 Å². The molecule has 0 aromatic heterocycles. The van der Waals surface area contributed by atoms with Crippen LogP contribution in [0.3, 0.4) is 0 Å². The van der Waals surface area contributed by atoms with Gasteiger partial charge in [-0.2, -0.15) is 0 Å². The number of amides is 2. The molecule has 0 radical (unpaired) electrons. The number of hydrogen-bond donors (Lipinski definition) is 0. The van der Waals surface area contributed by atoms with Gasteiger partial charge >= 0.3 is 0 Å². The molecule has 0 spiro atoms. The van der Waals surface area contributed by atoms with Crippen molar-refractivity contribution in [1.82, 2.24) is 0 Å². The van der Waals surface area contributed by atoms with E-state index < -0.39 is 11.5 Å². The van der Waals surface area contributed by atoms with Gasteiger partial charge in [-0.1, -0.05) is 24.3 Å². The van der Waals surface area contributed by atoms with E-state index >= 15 is 0 Å². The molecule has 0 N–H and O–H groups in total. The first kappa shape index (κ1) is 12.3. The highest BCUT2D eigenvalue weighted by Gasteiger charge is 2.66. The summed E-state index contributed by atoms with van der Waals surface area (Å²) in [6, 6.07) is 7.28. The Kier molecular flexibility index (Phi) is 2.34. The number of para-hydroxylation sites is 1. The molecule has 4 rings (SSSR count). The Labute approximate surface area is 124 Å². The molecule has 0 saturated carbocycles. The molecule has 4 nitrogen and oxygen atoms in total. The summed E-state index contributed by atoms with van der Waals surface area (Å²) in [5, 5.41) is 0. The molecule has 2 fully saturated rings. The summed E-state index contributed by atoms with van der Waals surface area (Å²) >= 11 is 3.41. The number of carbonyl (C=O) groups excluding carboxylic acids is 2. The molecule has 5 heteroatoms. The molecule has 2 amide bonds. The molecule has 0 aliphatic carbocycles. The summed E-state index contributed by atoms with van der Waals surface area (Å²) in [7, 11) is 0. The number of rotatable bonds is 1. The van der Waals surface area contributed by atoms with Crippen molar-refractivity contribution in [3.8, 4) is 0 Å². The minimum absolute atomic E-state index is 0.162. The largest absolute Gasteiger partial charge is 0.362 e. The number of nitrogens with zero attached hydrogens (tertiary/aromatic N) is 1. The number of benzene rings is 1. The molecule has 1 aromatic carbocycles. The fourth-order valence-electron chi connectivity index (χ4n) is 3.52. The Morgan fingerprint density at radius 3 is 2.70 bits per heavy atom. The van der Waals surface area contributed by atoms with Gasteiger partial charge in [-0.05, 0) is 35.0 Å². The van der Waals surface area contributed by atoms with Crippen LogP contribution in [0.1, 0.15) is 6.92 Å². The van der Waals surface area contributed by atoms with Gasteiger partial charge in [-0.3, -0.25) is 9.59 Å². The van der Waals surface area contributed by atoms with Crippen molar-refractivity contribution in [3.05, 3.63) is 40.9 Å². The highest BCUT2D eigenvalue weighted by Crippen LogP contribution is 2.52. The average molecular weight is 334 g/mol. The highest BCUT2D eigenvalue weighted by atomic mass is 79.9. The van der Waals surface area contributed by atoms with Crippen molar-refractivity contribution in [2.45, 2.75) is 18.6 Å². The van der Waals surface area contributed by atoms with Crippen LogP contribution in [0.25, 0.3) is 0 Å². The predicted octanol–water partition coefficient (Wildman–Crippen LogP) is 2.28. The Morgan fingerprint density at radius 2 is 2.00 bits per heavy atom. The number of halogens is 1. The molecule has 3 aliphatic heterocycles. The third-order valence-corrected chi connectivity index (χ3v) is 5.09. The van der Waals surface area contributed by atoms with Crippen molar-refractivity contribution < 1.29 is 14.3 Å². The van der Waals surface area contributed by atoms with Crippen molar-refractivity contribution in [2.24, 2.45) is 11.8 Å².